The van der Waals surface area contributed by atoms with Gasteiger partial charge in [0.05, 0.1) is 13.2 Å². The normalized spacial score (nSPS) is 12.1. The first-order valence-corrected chi connectivity index (χ1v) is 15.2. The van der Waals surface area contributed by atoms with Crippen molar-refractivity contribution in [2.75, 3.05) is 13.2 Å². The zero-order valence-corrected chi connectivity index (χ0v) is 23.4. The maximum Gasteiger partial charge on any atom is 0.210 e. The minimum absolute atomic E-state index is 0.0118. The Morgan fingerprint density at radius 1 is 0.475 bits per heavy atom. The van der Waals surface area contributed by atoms with Crippen molar-refractivity contribution in [3.63, 3.8) is 0 Å². The zero-order chi connectivity index (χ0) is 28.2. The summed E-state index contributed by atoms with van der Waals surface area (Å²) in [6.07, 6.45) is 0.632. The van der Waals surface area contributed by atoms with E-state index in [9.17, 15) is 16.8 Å². The average Bonchev–Trinajstić information content (AvgIpc) is 2.98. The molecule has 0 fully saturated rings. The summed E-state index contributed by atoms with van der Waals surface area (Å²) in [5, 5.41) is 2.38. The summed E-state index contributed by atoms with van der Waals surface area (Å²) in [4.78, 5) is 0. The van der Waals surface area contributed by atoms with Crippen molar-refractivity contribution >= 4 is 31.3 Å². The Kier molecular flexibility index (Phi) is 10.7. The third-order valence-electron chi connectivity index (χ3n) is 6.41. The first-order valence-electron chi connectivity index (χ1n) is 12.9. The lowest BCUT2D eigenvalue weighted by molar-refractivity contribution is 0.330. The molecule has 6 nitrogen and oxygen atoms in total. The summed E-state index contributed by atoms with van der Waals surface area (Å²) in [5.41, 5.74) is 4.56. The maximum atomic E-state index is 10.7. The van der Waals surface area contributed by atoms with Gasteiger partial charge in [0.1, 0.15) is 11.5 Å². The second kappa shape index (κ2) is 14.9. The van der Waals surface area contributed by atoms with Crippen molar-refractivity contribution in [1.29, 1.82) is 0 Å². The van der Waals surface area contributed by atoms with Gasteiger partial charge in [0.15, 0.2) is 0 Å². The molecule has 0 bridgehead atoms. The minimum atomic E-state index is -2.19. The molecule has 40 heavy (non-hydrogen) atoms. The fourth-order valence-corrected chi connectivity index (χ4v) is 5.24. The summed E-state index contributed by atoms with van der Waals surface area (Å²) >= 11 is 0. The lowest BCUT2D eigenvalue weighted by Crippen LogP contribution is -2.15. The molecule has 206 valence electrons. The molecule has 0 spiro atoms. The molecule has 0 heterocycles. The van der Waals surface area contributed by atoms with Crippen LogP contribution in [0.3, 0.4) is 0 Å². The third-order valence-corrected chi connectivity index (χ3v) is 7.43. The summed E-state index contributed by atoms with van der Waals surface area (Å²) in [7, 11) is -4.38. The van der Waals surface area contributed by atoms with Crippen LogP contribution in [0.1, 0.15) is 46.9 Å². The molecule has 0 aliphatic heterocycles. The van der Waals surface area contributed by atoms with E-state index < -0.39 is 20.6 Å². The number of hydrogen-bond acceptors (Lipinski definition) is 6. The van der Waals surface area contributed by atoms with Crippen LogP contribution in [0.25, 0.3) is 0 Å². The molecule has 2 unspecified atom stereocenters. The lowest BCUT2D eigenvalue weighted by Gasteiger charge is -2.30. The molecule has 8 heteroatoms. The van der Waals surface area contributed by atoms with Crippen LogP contribution in [0, 0.1) is 0 Å². The average molecular weight is 575 g/mol. The Morgan fingerprint density at radius 2 is 0.800 bits per heavy atom. The monoisotopic (exact) mass is 574 g/mol. The van der Waals surface area contributed by atoms with Crippen LogP contribution in [-0.2, 0) is 20.6 Å². The smallest absolute Gasteiger partial charge is 0.210 e. The highest BCUT2D eigenvalue weighted by Gasteiger charge is 2.28. The topological polar surface area (TPSA) is 86.7 Å². The van der Waals surface area contributed by atoms with Crippen molar-refractivity contribution in [3.05, 3.63) is 131 Å². The van der Waals surface area contributed by atoms with E-state index in [0.717, 1.165) is 11.1 Å². The molecule has 0 amide bonds. The molecule has 0 aliphatic carbocycles. The van der Waals surface area contributed by atoms with E-state index in [0.29, 0.717) is 24.3 Å². The number of benzene rings is 4. The lowest BCUT2D eigenvalue weighted by atomic mass is 9.74. The van der Waals surface area contributed by atoms with Gasteiger partial charge in [-0.3, -0.25) is 0 Å². The van der Waals surface area contributed by atoms with Crippen LogP contribution < -0.4 is 9.47 Å². The van der Waals surface area contributed by atoms with Gasteiger partial charge in [-0.25, -0.2) is 0 Å². The largest absolute Gasteiger partial charge is 0.493 e. The first-order chi connectivity index (χ1) is 19.5. The van der Waals surface area contributed by atoms with Crippen LogP contribution in [0.2, 0.25) is 0 Å². The van der Waals surface area contributed by atoms with Crippen molar-refractivity contribution in [3.8, 4) is 11.5 Å². The molecule has 0 saturated carbocycles. The quantitative estimate of drug-likeness (QED) is 0.154. The molecule has 0 N–H and O–H groups in total. The van der Waals surface area contributed by atoms with E-state index in [4.69, 9.17) is 9.47 Å². The van der Waals surface area contributed by atoms with Crippen molar-refractivity contribution in [2.24, 2.45) is 0 Å². The molecular formula is C32H30O6S2. The fourth-order valence-electron chi connectivity index (χ4n) is 4.66. The van der Waals surface area contributed by atoms with Crippen molar-refractivity contribution < 1.29 is 26.3 Å². The van der Waals surface area contributed by atoms with E-state index in [-0.39, 0.29) is 25.0 Å². The Hall–Kier alpha value is -4.14. The highest BCUT2D eigenvalue weighted by atomic mass is 32.2. The van der Waals surface area contributed by atoms with E-state index >= 15 is 0 Å². The molecule has 0 aliphatic rings. The van der Waals surface area contributed by atoms with Gasteiger partial charge in [-0.05, 0) is 46.5 Å². The predicted molar refractivity (Wildman–Crippen MR) is 160 cm³/mol. The number of rotatable bonds is 13. The van der Waals surface area contributed by atoms with Gasteiger partial charge >= 0.3 is 0 Å². The molecule has 4 aromatic carbocycles. The van der Waals surface area contributed by atoms with Gasteiger partial charge < -0.3 is 9.47 Å². The van der Waals surface area contributed by atoms with Gasteiger partial charge in [-0.2, -0.15) is 16.8 Å². The van der Waals surface area contributed by atoms with Crippen LogP contribution in [0.4, 0.5) is 0 Å². The Balaban J connectivity index is 1.67. The number of ether oxygens (including phenoxy) is 2. The molecule has 4 aromatic rings. The molecule has 2 atom stereocenters. The Morgan fingerprint density at radius 3 is 1.12 bits per heavy atom. The first kappa shape index (κ1) is 28.9. The summed E-state index contributed by atoms with van der Waals surface area (Å²) in [6, 6.07) is 36.7. The molecular weight excluding hydrogens is 544 g/mol. The van der Waals surface area contributed by atoms with E-state index in [1.807, 2.05) is 60.7 Å². The van der Waals surface area contributed by atoms with Gasteiger partial charge in [0.25, 0.3) is 0 Å². The highest BCUT2D eigenvalue weighted by molar-refractivity contribution is 7.71. The Bertz CT molecular complexity index is 1490. The van der Waals surface area contributed by atoms with E-state index in [2.05, 4.69) is 48.5 Å². The molecule has 0 radical (unpaired) electrons. The molecule has 0 saturated heterocycles. The van der Waals surface area contributed by atoms with Crippen LogP contribution in [0.15, 0.2) is 109 Å². The van der Waals surface area contributed by atoms with E-state index in [1.54, 1.807) is 0 Å². The predicted octanol–water partition coefficient (Wildman–Crippen LogP) is 5.55. The fraction of sp³-hybridized carbons (Fsp3) is 0.188. The summed E-state index contributed by atoms with van der Waals surface area (Å²) in [5.74, 6) is 1.33. The Labute approximate surface area is 237 Å². The van der Waals surface area contributed by atoms with E-state index in [1.165, 1.54) is 21.9 Å². The summed E-state index contributed by atoms with van der Waals surface area (Å²) < 4.78 is 54.4. The molecule has 4 rings (SSSR count). The highest BCUT2D eigenvalue weighted by Crippen LogP contribution is 2.43. The van der Waals surface area contributed by atoms with Gasteiger partial charge in [0, 0.05) is 35.4 Å². The van der Waals surface area contributed by atoms with Crippen LogP contribution in [0.5, 0.6) is 11.5 Å². The standard InChI is InChI=1S/C32H30O6S2/c33-39(34)23-7-21-37-29-17-13-27(14-18-29)31(25-9-3-1-4-10-25)32(26-11-5-2-6-12-26)28-15-19-30(20-16-28)38-22-8-24-40(35)36/h1-6,9-20,23-24,31-32H,7-8,21-22H2. The van der Waals surface area contributed by atoms with Crippen LogP contribution in [-0.4, -0.2) is 40.8 Å². The second-order valence-electron chi connectivity index (χ2n) is 9.04. The van der Waals surface area contributed by atoms with Crippen LogP contribution >= 0.6 is 0 Å². The maximum absolute atomic E-state index is 10.7. The molecule has 0 aromatic heterocycles. The second-order valence-corrected chi connectivity index (χ2v) is 10.8. The van der Waals surface area contributed by atoms with Gasteiger partial charge in [-0.15, -0.1) is 0 Å². The minimum Gasteiger partial charge on any atom is -0.493 e. The third kappa shape index (κ3) is 8.43. The van der Waals surface area contributed by atoms with Gasteiger partial charge in [-0.1, -0.05) is 84.9 Å². The summed E-state index contributed by atoms with van der Waals surface area (Å²) in [6.45, 7) is 0.562. The van der Waals surface area contributed by atoms with Crippen molar-refractivity contribution in [1.82, 2.24) is 0 Å². The number of hydrogen-bond donors (Lipinski definition) is 0. The van der Waals surface area contributed by atoms with Gasteiger partial charge in [0.2, 0.25) is 20.6 Å². The van der Waals surface area contributed by atoms with Crippen molar-refractivity contribution in [2.45, 2.75) is 24.7 Å². The SMILES string of the molecule is O=S(=O)=CCCOc1ccc(C(c2ccccc2)C(c2ccccc2)c2ccc(OCCC=S(=O)=O)cc2)cc1. The zero-order valence-electron chi connectivity index (χ0n) is 21.8.